The number of nitrogens with zero attached hydrogens (tertiary/aromatic N) is 2. The second kappa shape index (κ2) is 6.10. The molecular formula is C12H14Cl2N2. The molecule has 1 rings (SSSR count). The molecule has 0 fully saturated rings. The van der Waals surface area contributed by atoms with Gasteiger partial charge < -0.3 is 0 Å². The van der Waals surface area contributed by atoms with Crippen molar-refractivity contribution in [3.8, 4) is 6.07 Å². The molecule has 0 saturated carbocycles. The van der Waals surface area contributed by atoms with Crippen molar-refractivity contribution in [2.75, 3.05) is 7.05 Å². The van der Waals surface area contributed by atoms with Crippen molar-refractivity contribution in [2.24, 2.45) is 0 Å². The number of hydrogen-bond donors (Lipinski definition) is 0. The van der Waals surface area contributed by atoms with Gasteiger partial charge in [0.1, 0.15) is 0 Å². The zero-order valence-electron chi connectivity index (χ0n) is 9.37. The van der Waals surface area contributed by atoms with E-state index in [1.165, 1.54) is 0 Å². The van der Waals surface area contributed by atoms with E-state index in [0.717, 1.165) is 12.1 Å². The van der Waals surface area contributed by atoms with E-state index in [4.69, 9.17) is 28.5 Å². The van der Waals surface area contributed by atoms with Gasteiger partial charge in [-0.1, -0.05) is 29.3 Å². The van der Waals surface area contributed by atoms with E-state index in [1.807, 2.05) is 26.1 Å². The van der Waals surface area contributed by atoms with Gasteiger partial charge in [0.15, 0.2) is 0 Å². The van der Waals surface area contributed by atoms with Crippen LogP contribution in [0.2, 0.25) is 10.0 Å². The average molecular weight is 257 g/mol. The van der Waals surface area contributed by atoms with Crippen molar-refractivity contribution in [3.63, 3.8) is 0 Å². The summed E-state index contributed by atoms with van der Waals surface area (Å²) in [4.78, 5) is 2.11. The minimum atomic E-state index is 0.236. The smallest absolute Gasteiger partial charge is 0.0638 e. The fourth-order valence-corrected chi connectivity index (χ4v) is 1.69. The number of halogens is 2. The first kappa shape index (κ1) is 13.3. The van der Waals surface area contributed by atoms with Gasteiger partial charge in [-0.05, 0) is 31.7 Å². The fourth-order valence-electron chi connectivity index (χ4n) is 1.37. The maximum atomic E-state index is 8.62. The summed E-state index contributed by atoms with van der Waals surface area (Å²) in [5.41, 5.74) is 1.10. The minimum absolute atomic E-state index is 0.236. The highest BCUT2D eigenvalue weighted by Gasteiger charge is 2.09. The molecule has 16 heavy (non-hydrogen) atoms. The quantitative estimate of drug-likeness (QED) is 0.821. The van der Waals surface area contributed by atoms with Crippen molar-refractivity contribution in [1.29, 1.82) is 5.26 Å². The van der Waals surface area contributed by atoms with Gasteiger partial charge in [-0.3, -0.25) is 4.90 Å². The molecule has 4 heteroatoms. The van der Waals surface area contributed by atoms with Gasteiger partial charge >= 0.3 is 0 Å². The van der Waals surface area contributed by atoms with Crippen LogP contribution in [0.25, 0.3) is 0 Å². The third-order valence-electron chi connectivity index (χ3n) is 2.56. The molecule has 0 aliphatic carbocycles. The summed E-state index contributed by atoms with van der Waals surface area (Å²) in [6.45, 7) is 2.79. The van der Waals surface area contributed by atoms with Gasteiger partial charge in [-0.25, -0.2) is 0 Å². The molecule has 1 atom stereocenters. The normalized spacial score (nSPS) is 12.5. The number of nitriles is 1. The molecule has 0 saturated heterocycles. The fraction of sp³-hybridized carbons (Fsp3) is 0.417. The minimum Gasteiger partial charge on any atom is -0.298 e. The summed E-state index contributed by atoms with van der Waals surface area (Å²) in [5.74, 6) is 0. The van der Waals surface area contributed by atoms with E-state index in [1.54, 1.807) is 6.07 Å². The second-order valence-electron chi connectivity index (χ2n) is 3.87. The van der Waals surface area contributed by atoms with E-state index < -0.39 is 0 Å². The predicted octanol–water partition coefficient (Wildman–Crippen LogP) is 3.73. The van der Waals surface area contributed by atoms with Crippen molar-refractivity contribution in [2.45, 2.75) is 25.9 Å². The van der Waals surface area contributed by atoms with Gasteiger partial charge in [0, 0.05) is 12.6 Å². The van der Waals surface area contributed by atoms with Crippen LogP contribution in [0.5, 0.6) is 0 Å². The Bertz CT molecular complexity index is 398. The molecule has 0 radical (unpaired) electrons. The highest BCUT2D eigenvalue weighted by molar-refractivity contribution is 6.42. The lowest BCUT2D eigenvalue weighted by molar-refractivity contribution is 0.252. The standard InChI is InChI=1S/C12H14Cl2N2/c1-9(5-6-15)16(2)8-10-3-4-11(13)12(14)7-10/h3-4,7,9H,5,8H2,1-2H3. The van der Waals surface area contributed by atoms with Crippen molar-refractivity contribution in [1.82, 2.24) is 4.90 Å². The molecule has 86 valence electrons. The number of benzene rings is 1. The predicted molar refractivity (Wildman–Crippen MR) is 67.6 cm³/mol. The first-order valence-corrected chi connectivity index (χ1v) is 5.81. The molecule has 0 amide bonds. The van der Waals surface area contributed by atoms with Gasteiger partial charge in [0.2, 0.25) is 0 Å². The van der Waals surface area contributed by atoms with Crippen LogP contribution in [0.3, 0.4) is 0 Å². The van der Waals surface area contributed by atoms with Crippen LogP contribution in [0.15, 0.2) is 18.2 Å². The van der Waals surface area contributed by atoms with Crippen LogP contribution in [-0.4, -0.2) is 18.0 Å². The van der Waals surface area contributed by atoms with Crippen LogP contribution in [0.1, 0.15) is 18.9 Å². The largest absolute Gasteiger partial charge is 0.298 e. The SMILES string of the molecule is CC(CC#N)N(C)Cc1ccc(Cl)c(Cl)c1. The summed E-state index contributed by atoms with van der Waals surface area (Å²) in [6.07, 6.45) is 0.526. The van der Waals surface area contributed by atoms with E-state index in [9.17, 15) is 0 Å². The van der Waals surface area contributed by atoms with Gasteiger partial charge in [-0.2, -0.15) is 5.26 Å². The first-order valence-electron chi connectivity index (χ1n) is 5.05. The molecule has 0 aliphatic rings. The topological polar surface area (TPSA) is 27.0 Å². The second-order valence-corrected chi connectivity index (χ2v) is 4.69. The van der Waals surface area contributed by atoms with Crippen LogP contribution in [0.4, 0.5) is 0 Å². The number of hydrogen-bond acceptors (Lipinski definition) is 2. The van der Waals surface area contributed by atoms with Crippen LogP contribution in [0, 0.1) is 11.3 Å². The molecule has 1 aromatic rings. The third kappa shape index (κ3) is 3.68. The summed E-state index contributed by atoms with van der Waals surface area (Å²) >= 11 is 11.8. The molecule has 0 bridgehead atoms. The summed E-state index contributed by atoms with van der Waals surface area (Å²) in [7, 11) is 1.99. The number of rotatable bonds is 4. The lowest BCUT2D eigenvalue weighted by atomic mass is 10.1. The Labute approximate surface area is 106 Å². The molecule has 0 N–H and O–H groups in total. The highest BCUT2D eigenvalue weighted by Crippen LogP contribution is 2.23. The Balaban J connectivity index is 2.66. The van der Waals surface area contributed by atoms with Crippen LogP contribution in [-0.2, 0) is 6.54 Å². The molecule has 0 aliphatic heterocycles. The lowest BCUT2D eigenvalue weighted by Gasteiger charge is -2.22. The molecule has 1 aromatic carbocycles. The van der Waals surface area contributed by atoms with E-state index in [-0.39, 0.29) is 6.04 Å². The van der Waals surface area contributed by atoms with Crippen LogP contribution >= 0.6 is 23.2 Å². The zero-order chi connectivity index (χ0) is 12.1. The molecule has 0 heterocycles. The van der Waals surface area contributed by atoms with Gasteiger partial charge in [-0.15, -0.1) is 0 Å². The highest BCUT2D eigenvalue weighted by atomic mass is 35.5. The van der Waals surface area contributed by atoms with E-state index >= 15 is 0 Å². The first-order chi connectivity index (χ1) is 7.54. The van der Waals surface area contributed by atoms with Crippen molar-refractivity contribution < 1.29 is 0 Å². The van der Waals surface area contributed by atoms with Crippen LogP contribution < -0.4 is 0 Å². The Morgan fingerprint density at radius 3 is 2.62 bits per heavy atom. The maximum absolute atomic E-state index is 8.62. The van der Waals surface area contributed by atoms with E-state index in [0.29, 0.717) is 16.5 Å². The monoisotopic (exact) mass is 256 g/mol. The van der Waals surface area contributed by atoms with Crippen molar-refractivity contribution in [3.05, 3.63) is 33.8 Å². The zero-order valence-corrected chi connectivity index (χ0v) is 10.9. The molecule has 0 spiro atoms. The lowest BCUT2D eigenvalue weighted by Crippen LogP contribution is -2.28. The Morgan fingerprint density at radius 2 is 2.06 bits per heavy atom. The molecule has 2 nitrogen and oxygen atoms in total. The Morgan fingerprint density at radius 1 is 1.38 bits per heavy atom. The van der Waals surface area contributed by atoms with Crippen molar-refractivity contribution >= 4 is 23.2 Å². The van der Waals surface area contributed by atoms with E-state index in [2.05, 4.69) is 11.0 Å². The Kier molecular flexibility index (Phi) is 5.08. The summed E-state index contributed by atoms with van der Waals surface area (Å²) in [5, 5.41) is 9.75. The molecule has 0 aromatic heterocycles. The average Bonchev–Trinajstić information content (AvgIpc) is 2.24. The molecule has 1 unspecified atom stereocenters. The summed E-state index contributed by atoms with van der Waals surface area (Å²) in [6, 6.07) is 8.00. The van der Waals surface area contributed by atoms with Gasteiger partial charge in [0.05, 0.1) is 22.5 Å². The molecular weight excluding hydrogens is 243 g/mol. The maximum Gasteiger partial charge on any atom is 0.0638 e. The summed E-state index contributed by atoms with van der Waals surface area (Å²) < 4.78 is 0. The third-order valence-corrected chi connectivity index (χ3v) is 3.29. The Hall–Kier alpha value is -0.750. The van der Waals surface area contributed by atoms with Gasteiger partial charge in [0.25, 0.3) is 0 Å².